The molecule has 1 aliphatic rings. The minimum atomic E-state index is -0.690. The van der Waals surface area contributed by atoms with Gasteiger partial charge in [-0.2, -0.15) is 5.10 Å². The fourth-order valence-electron chi connectivity index (χ4n) is 3.90. The van der Waals surface area contributed by atoms with Crippen molar-refractivity contribution in [3.05, 3.63) is 51.8 Å². The van der Waals surface area contributed by atoms with Crippen molar-refractivity contribution in [1.29, 1.82) is 0 Å². The van der Waals surface area contributed by atoms with E-state index < -0.39 is 5.97 Å². The van der Waals surface area contributed by atoms with Crippen LogP contribution in [0.2, 0.25) is 5.02 Å². The molecule has 0 aliphatic carbocycles. The van der Waals surface area contributed by atoms with Crippen molar-refractivity contribution in [1.82, 2.24) is 14.7 Å². The van der Waals surface area contributed by atoms with Gasteiger partial charge < -0.3 is 5.11 Å². The first-order valence-electron chi connectivity index (χ1n) is 9.06. The zero-order valence-electron chi connectivity index (χ0n) is 15.6. The minimum Gasteiger partial charge on any atom is -0.481 e. The molecule has 0 saturated carbocycles. The Hall–Kier alpha value is -1.85. The normalized spacial score (nSPS) is 21.1. The van der Waals surface area contributed by atoms with E-state index in [0.29, 0.717) is 19.0 Å². The van der Waals surface area contributed by atoms with Gasteiger partial charge in [0, 0.05) is 35.9 Å². The molecule has 140 valence electrons. The van der Waals surface area contributed by atoms with Gasteiger partial charge in [0.2, 0.25) is 0 Å². The van der Waals surface area contributed by atoms with Gasteiger partial charge in [0.25, 0.3) is 0 Å². The Labute approximate surface area is 159 Å². The smallest absolute Gasteiger partial charge is 0.307 e. The largest absolute Gasteiger partial charge is 0.481 e. The Bertz CT molecular complexity index is 802. The molecule has 1 aliphatic heterocycles. The van der Waals surface area contributed by atoms with Crippen molar-refractivity contribution in [2.75, 3.05) is 13.1 Å². The molecule has 1 fully saturated rings. The molecule has 1 aromatic carbocycles. The van der Waals surface area contributed by atoms with E-state index in [2.05, 4.69) is 18.7 Å². The third-order valence-corrected chi connectivity index (χ3v) is 5.64. The quantitative estimate of drug-likeness (QED) is 0.864. The molecule has 2 heterocycles. The number of rotatable bonds is 5. The molecule has 1 saturated heterocycles. The molecule has 5 nitrogen and oxygen atoms in total. The average molecular weight is 376 g/mol. The maximum Gasteiger partial charge on any atom is 0.307 e. The molecule has 0 amide bonds. The second kappa shape index (κ2) is 7.80. The van der Waals surface area contributed by atoms with Crippen molar-refractivity contribution >= 4 is 17.6 Å². The highest BCUT2D eigenvalue weighted by atomic mass is 35.5. The molecule has 2 unspecified atom stereocenters. The zero-order valence-corrected chi connectivity index (χ0v) is 16.3. The predicted molar refractivity (Wildman–Crippen MR) is 102 cm³/mol. The number of nitrogens with zero attached hydrogens (tertiary/aromatic N) is 3. The number of hydrogen-bond donors (Lipinski definition) is 1. The van der Waals surface area contributed by atoms with Crippen LogP contribution in [0.3, 0.4) is 0 Å². The van der Waals surface area contributed by atoms with Crippen LogP contribution in [0.5, 0.6) is 0 Å². The lowest BCUT2D eigenvalue weighted by Crippen LogP contribution is -2.42. The van der Waals surface area contributed by atoms with Gasteiger partial charge in [-0.3, -0.25) is 14.4 Å². The number of piperidine rings is 1. The molecule has 2 atom stereocenters. The molecule has 0 radical (unpaired) electrons. The van der Waals surface area contributed by atoms with Gasteiger partial charge in [0.05, 0.1) is 18.2 Å². The van der Waals surface area contributed by atoms with Gasteiger partial charge in [-0.25, -0.2) is 0 Å². The Morgan fingerprint density at radius 1 is 1.27 bits per heavy atom. The number of aliphatic carboxylic acids is 1. The highest BCUT2D eigenvalue weighted by molar-refractivity contribution is 6.31. The van der Waals surface area contributed by atoms with Crippen molar-refractivity contribution < 1.29 is 9.90 Å². The van der Waals surface area contributed by atoms with Gasteiger partial charge in [0.1, 0.15) is 0 Å². The standard InChI is InChI=1S/C20H26ClN3O2/c1-13-8-17(20(25)26)10-23(9-13)12-18-14(2)22-24(15(18)3)11-16-6-4-5-7-19(16)21/h4-7,13,17H,8-12H2,1-3H3,(H,25,26). The zero-order chi connectivity index (χ0) is 18.8. The summed E-state index contributed by atoms with van der Waals surface area (Å²) in [5.41, 5.74) is 4.35. The molecular formula is C20H26ClN3O2. The summed E-state index contributed by atoms with van der Waals surface area (Å²) in [6, 6.07) is 7.82. The van der Waals surface area contributed by atoms with Crippen LogP contribution in [0.25, 0.3) is 0 Å². The van der Waals surface area contributed by atoms with Crippen LogP contribution in [-0.4, -0.2) is 38.8 Å². The maximum absolute atomic E-state index is 11.4. The van der Waals surface area contributed by atoms with Crippen LogP contribution in [-0.2, 0) is 17.9 Å². The number of carboxylic acids is 1. The first-order chi connectivity index (χ1) is 12.3. The summed E-state index contributed by atoms with van der Waals surface area (Å²) >= 11 is 6.29. The molecule has 1 aromatic heterocycles. The van der Waals surface area contributed by atoms with Crippen molar-refractivity contribution in [2.24, 2.45) is 11.8 Å². The first-order valence-corrected chi connectivity index (χ1v) is 9.44. The van der Waals surface area contributed by atoms with Crippen LogP contribution in [0, 0.1) is 25.7 Å². The second-order valence-corrected chi connectivity index (χ2v) is 7.88. The van der Waals surface area contributed by atoms with Crippen LogP contribution >= 0.6 is 11.6 Å². The topological polar surface area (TPSA) is 58.4 Å². The lowest BCUT2D eigenvalue weighted by Gasteiger charge is -2.34. The number of aromatic nitrogens is 2. The van der Waals surface area contributed by atoms with E-state index in [0.717, 1.165) is 41.5 Å². The van der Waals surface area contributed by atoms with Gasteiger partial charge in [-0.1, -0.05) is 36.7 Å². The Morgan fingerprint density at radius 3 is 2.69 bits per heavy atom. The van der Waals surface area contributed by atoms with Gasteiger partial charge in [0.15, 0.2) is 0 Å². The molecular weight excluding hydrogens is 350 g/mol. The Kier molecular flexibility index (Phi) is 5.68. The van der Waals surface area contributed by atoms with Gasteiger partial charge in [-0.15, -0.1) is 0 Å². The monoisotopic (exact) mass is 375 g/mol. The van der Waals surface area contributed by atoms with Crippen LogP contribution in [0.4, 0.5) is 0 Å². The number of halogens is 1. The lowest BCUT2D eigenvalue weighted by molar-refractivity contribution is -0.144. The predicted octanol–water partition coefficient (Wildman–Crippen LogP) is 3.74. The van der Waals surface area contributed by atoms with E-state index in [1.807, 2.05) is 35.9 Å². The molecule has 6 heteroatoms. The van der Waals surface area contributed by atoms with Crippen LogP contribution in [0.1, 0.15) is 35.9 Å². The molecule has 0 spiro atoms. The highest BCUT2D eigenvalue weighted by Crippen LogP contribution is 2.26. The molecule has 26 heavy (non-hydrogen) atoms. The van der Waals surface area contributed by atoms with Crippen molar-refractivity contribution in [2.45, 2.75) is 40.3 Å². The van der Waals surface area contributed by atoms with Crippen molar-refractivity contribution in [3.63, 3.8) is 0 Å². The number of carbonyl (C=O) groups is 1. The summed E-state index contributed by atoms with van der Waals surface area (Å²) in [6.45, 7) is 9.14. The summed E-state index contributed by atoms with van der Waals surface area (Å²) in [5.74, 6) is -0.578. The Balaban J connectivity index is 1.78. The summed E-state index contributed by atoms with van der Waals surface area (Å²) < 4.78 is 1.99. The number of hydrogen-bond acceptors (Lipinski definition) is 3. The minimum absolute atomic E-state index is 0.280. The van der Waals surface area contributed by atoms with E-state index in [1.54, 1.807) is 0 Å². The van der Waals surface area contributed by atoms with E-state index in [-0.39, 0.29) is 5.92 Å². The van der Waals surface area contributed by atoms with E-state index >= 15 is 0 Å². The van der Waals surface area contributed by atoms with E-state index in [9.17, 15) is 9.90 Å². The number of carboxylic acid groups (broad SMARTS) is 1. The van der Waals surface area contributed by atoms with Crippen LogP contribution < -0.4 is 0 Å². The van der Waals surface area contributed by atoms with Gasteiger partial charge >= 0.3 is 5.97 Å². The average Bonchev–Trinajstić information content (AvgIpc) is 2.84. The maximum atomic E-state index is 11.4. The summed E-state index contributed by atoms with van der Waals surface area (Å²) in [5, 5.41) is 14.8. The fraction of sp³-hybridized carbons (Fsp3) is 0.500. The SMILES string of the molecule is Cc1nn(Cc2ccccc2Cl)c(C)c1CN1CC(C)CC(C(=O)O)C1. The number of aryl methyl sites for hydroxylation is 1. The van der Waals surface area contributed by atoms with E-state index in [4.69, 9.17) is 16.7 Å². The molecule has 0 bridgehead atoms. The first kappa shape index (κ1) is 18.9. The van der Waals surface area contributed by atoms with E-state index in [1.165, 1.54) is 5.56 Å². The molecule has 1 N–H and O–H groups in total. The molecule has 3 rings (SSSR count). The van der Waals surface area contributed by atoms with Crippen LogP contribution in [0.15, 0.2) is 24.3 Å². The van der Waals surface area contributed by atoms with Crippen molar-refractivity contribution in [3.8, 4) is 0 Å². The third kappa shape index (κ3) is 4.10. The third-order valence-electron chi connectivity index (χ3n) is 5.28. The highest BCUT2D eigenvalue weighted by Gasteiger charge is 2.30. The van der Waals surface area contributed by atoms with Gasteiger partial charge in [-0.05, 0) is 37.8 Å². The number of benzene rings is 1. The lowest BCUT2D eigenvalue weighted by atomic mass is 9.90. The summed E-state index contributed by atoms with van der Waals surface area (Å²) in [6.07, 6.45) is 0.759. The molecule has 2 aromatic rings. The second-order valence-electron chi connectivity index (χ2n) is 7.47. The summed E-state index contributed by atoms with van der Waals surface area (Å²) in [7, 11) is 0. The number of likely N-dealkylation sites (tertiary alicyclic amines) is 1. The fourth-order valence-corrected chi connectivity index (χ4v) is 4.09. The Morgan fingerprint density at radius 2 is 2.00 bits per heavy atom. The summed E-state index contributed by atoms with van der Waals surface area (Å²) in [4.78, 5) is 13.7.